The lowest BCUT2D eigenvalue weighted by Gasteiger charge is -2.22. The molecule has 1 aliphatic rings. The van der Waals surface area contributed by atoms with Crippen molar-refractivity contribution in [1.29, 1.82) is 0 Å². The molecule has 0 radical (unpaired) electrons. The van der Waals surface area contributed by atoms with Crippen LogP contribution >= 0.6 is 0 Å². The molecule has 32 heavy (non-hydrogen) atoms. The molecule has 1 fully saturated rings. The predicted octanol–water partition coefficient (Wildman–Crippen LogP) is 3.87. The van der Waals surface area contributed by atoms with Crippen molar-refractivity contribution in [1.82, 2.24) is 4.90 Å². The fourth-order valence-corrected chi connectivity index (χ4v) is 3.18. The Labute approximate surface area is 182 Å². The molecule has 170 valence electrons. The molecule has 0 aromatic heterocycles. The summed E-state index contributed by atoms with van der Waals surface area (Å²) in [5, 5.41) is 0. The largest absolute Gasteiger partial charge is 0.465 e. The Morgan fingerprint density at radius 2 is 1.75 bits per heavy atom. The molecule has 0 aliphatic carbocycles. The number of anilines is 1. The zero-order valence-electron chi connectivity index (χ0n) is 17.2. The van der Waals surface area contributed by atoms with Crippen molar-refractivity contribution >= 4 is 23.7 Å². The van der Waals surface area contributed by atoms with E-state index < -0.39 is 29.7 Å². The van der Waals surface area contributed by atoms with E-state index in [1.807, 2.05) is 0 Å². The van der Waals surface area contributed by atoms with Gasteiger partial charge in [-0.15, -0.1) is 0 Å². The lowest BCUT2D eigenvalue weighted by atomic mass is 10.1. The van der Waals surface area contributed by atoms with Crippen LogP contribution in [0.25, 0.3) is 0 Å². The van der Waals surface area contributed by atoms with Crippen molar-refractivity contribution in [3.05, 3.63) is 65.2 Å². The first-order chi connectivity index (χ1) is 15.2. The number of carbonyl (C=O) groups excluding carboxylic acids is 3. The van der Waals surface area contributed by atoms with Gasteiger partial charge in [0.25, 0.3) is 5.91 Å². The molecule has 7 nitrogen and oxygen atoms in total. The Balaban J connectivity index is 1.79. The summed E-state index contributed by atoms with van der Waals surface area (Å²) in [6, 6.07) is 10.6. The Morgan fingerprint density at radius 3 is 2.28 bits per heavy atom. The minimum absolute atomic E-state index is 0.0873. The number of cyclic esters (lactones) is 1. The van der Waals surface area contributed by atoms with E-state index in [-0.39, 0.29) is 31.9 Å². The third-order valence-corrected chi connectivity index (χ3v) is 4.75. The second-order valence-electron chi connectivity index (χ2n) is 6.97. The van der Waals surface area contributed by atoms with Gasteiger partial charge in [0.2, 0.25) is 0 Å². The Hall–Kier alpha value is -3.56. The fourth-order valence-electron chi connectivity index (χ4n) is 3.18. The molecule has 0 atom stereocenters. The standard InChI is InChI=1S/C22H21F3N2O5/c1-2-31-19(28)14-26(13-15-3-7-17(8-4-15)22(23,24)25)20(29)16-5-9-18(10-6-16)27-11-12-32-21(27)30/h3-10H,2,11-14H2,1H3. The number of alkyl halides is 3. The van der Waals surface area contributed by atoms with Crippen LogP contribution in [-0.2, 0) is 27.0 Å². The summed E-state index contributed by atoms with van der Waals surface area (Å²) in [5.74, 6) is -1.14. The number of carbonyl (C=O) groups is 3. The highest BCUT2D eigenvalue weighted by Gasteiger charge is 2.30. The molecule has 1 aliphatic heterocycles. The molecule has 2 aromatic carbocycles. The Kier molecular flexibility index (Phi) is 7.01. The molecule has 0 N–H and O–H groups in total. The summed E-state index contributed by atoms with van der Waals surface area (Å²) < 4.78 is 48.2. The van der Waals surface area contributed by atoms with Gasteiger partial charge in [-0.1, -0.05) is 12.1 Å². The molecule has 1 heterocycles. The van der Waals surface area contributed by atoms with Gasteiger partial charge < -0.3 is 14.4 Å². The number of nitrogens with zero attached hydrogens (tertiary/aromatic N) is 2. The summed E-state index contributed by atoms with van der Waals surface area (Å²) in [4.78, 5) is 39.3. The van der Waals surface area contributed by atoms with Crippen LogP contribution in [0.5, 0.6) is 0 Å². The topological polar surface area (TPSA) is 76.2 Å². The number of hydrogen-bond acceptors (Lipinski definition) is 5. The normalized spacial score (nSPS) is 13.6. The third kappa shape index (κ3) is 5.57. The smallest absolute Gasteiger partial charge is 0.416 e. The number of benzene rings is 2. The fraction of sp³-hybridized carbons (Fsp3) is 0.318. The summed E-state index contributed by atoms with van der Waals surface area (Å²) >= 11 is 0. The zero-order valence-corrected chi connectivity index (χ0v) is 17.2. The molecule has 1 saturated heterocycles. The first-order valence-corrected chi connectivity index (χ1v) is 9.84. The molecule has 0 bridgehead atoms. The van der Waals surface area contributed by atoms with Gasteiger partial charge in [0.05, 0.1) is 18.7 Å². The molecular formula is C22H21F3N2O5. The molecule has 0 unspecified atom stereocenters. The number of hydrogen-bond donors (Lipinski definition) is 0. The Morgan fingerprint density at radius 1 is 1.09 bits per heavy atom. The minimum atomic E-state index is -4.47. The average molecular weight is 450 g/mol. The van der Waals surface area contributed by atoms with E-state index in [9.17, 15) is 27.6 Å². The van der Waals surface area contributed by atoms with E-state index in [1.54, 1.807) is 19.1 Å². The highest BCUT2D eigenvalue weighted by Crippen LogP contribution is 2.29. The molecule has 3 rings (SSSR count). The molecule has 0 saturated carbocycles. The molecule has 10 heteroatoms. The van der Waals surface area contributed by atoms with E-state index in [4.69, 9.17) is 9.47 Å². The van der Waals surface area contributed by atoms with Crippen LogP contribution in [0.4, 0.5) is 23.7 Å². The van der Waals surface area contributed by atoms with Crippen LogP contribution in [0, 0.1) is 0 Å². The van der Waals surface area contributed by atoms with Crippen molar-refractivity contribution in [2.45, 2.75) is 19.6 Å². The quantitative estimate of drug-likeness (QED) is 0.599. The van der Waals surface area contributed by atoms with Gasteiger partial charge in [0.1, 0.15) is 13.2 Å². The van der Waals surface area contributed by atoms with Crippen molar-refractivity contribution in [2.75, 3.05) is 31.2 Å². The monoisotopic (exact) mass is 450 g/mol. The van der Waals surface area contributed by atoms with Crippen molar-refractivity contribution < 1.29 is 37.0 Å². The van der Waals surface area contributed by atoms with Gasteiger partial charge in [0, 0.05) is 17.8 Å². The van der Waals surface area contributed by atoms with Gasteiger partial charge >= 0.3 is 18.2 Å². The van der Waals surface area contributed by atoms with E-state index in [1.165, 1.54) is 34.1 Å². The highest BCUT2D eigenvalue weighted by atomic mass is 19.4. The SMILES string of the molecule is CCOC(=O)CN(Cc1ccc(C(F)(F)F)cc1)C(=O)c1ccc(N2CCOC2=O)cc1. The first-order valence-electron chi connectivity index (χ1n) is 9.84. The minimum Gasteiger partial charge on any atom is -0.465 e. The molecule has 2 amide bonds. The van der Waals surface area contributed by atoms with Gasteiger partial charge in [0.15, 0.2) is 0 Å². The number of rotatable bonds is 7. The first kappa shape index (κ1) is 23.1. The number of halogens is 3. The average Bonchev–Trinajstić information content (AvgIpc) is 3.18. The van der Waals surface area contributed by atoms with Crippen LogP contribution in [0.15, 0.2) is 48.5 Å². The lowest BCUT2D eigenvalue weighted by Crippen LogP contribution is -2.36. The number of esters is 1. The van der Waals surface area contributed by atoms with E-state index >= 15 is 0 Å². The van der Waals surface area contributed by atoms with Gasteiger partial charge in [-0.05, 0) is 48.9 Å². The molecular weight excluding hydrogens is 429 g/mol. The third-order valence-electron chi connectivity index (χ3n) is 4.75. The van der Waals surface area contributed by atoms with Crippen molar-refractivity contribution in [3.63, 3.8) is 0 Å². The summed E-state index contributed by atoms with van der Waals surface area (Å²) in [6.45, 7) is 1.97. The van der Waals surface area contributed by atoms with Gasteiger partial charge in [-0.3, -0.25) is 14.5 Å². The van der Waals surface area contributed by atoms with E-state index in [2.05, 4.69) is 0 Å². The lowest BCUT2D eigenvalue weighted by molar-refractivity contribution is -0.144. The maximum Gasteiger partial charge on any atom is 0.416 e. The van der Waals surface area contributed by atoms with E-state index in [0.29, 0.717) is 17.8 Å². The summed E-state index contributed by atoms with van der Waals surface area (Å²) in [7, 11) is 0. The predicted molar refractivity (Wildman–Crippen MR) is 108 cm³/mol. The van der Waals surface area contributed by atoms with Crippen LogP contribution in [0.1, 0.15) is 28.4 Å². The van der Waals surface area contributed by atoms with Crippen molar-refractivity contribution in [2.24, 2.45) is 0 Å². The molecule has 2 aromatic rings. The highest BCUT2D eigenvalue weighted by molar-refractivity contribution is 5.97. The van der Waals surface area contributed by atoms with Gasteiger partial charge in [-0.2, -0.15) is 13.2 Å². The zero-order chi connectivity index (χ0) is 23.3. The maximum absolute atomic E-state index is 13.0. The second kappa shape index (κ2) is 9.71. The van der Waals surface area contributed by atoms with Crippen LogP contribution in [0.2, 0.25) is 0 Å². The second-order valence-corrected chi connectivity index (χ2v) is 6.97. The van der Waals surface area contributed by atoms with E-state index in [0.717, 1.165) is 12.1 Å². The number of amides is 2. The maximum atomic E-state index is 13.0. The van der Waals surface area contributed by atoms with Gasteiger partial charge in [-0.25, -0.2) is 4.79 Å². The van der Waals surface area contributed by atoms with Crippen LogP contribution in [0.3, 0.4) is 0 Å². The number of ether oxygens (including phenoxy) is 2. The van der Waals surface area contributed by atoms with Crippen LogP contribution in [-0.4, -0.2) is 49.2 Å². The summed E-state index contributed by atoms with van der Waals surface area (Å²) in [5.41, 5.74) is 0.425. The van der Waals surface area contributed by atoms with Crippen LogP contribution < -0.4 is 4.90 Å². The Bertz CT molecular complexity index is 975. The molecule has 0 spiro atoms. The van der Waals surface area contributed by atoms with Crippen molar-refractivity contribution in [3.8, 4) is 0 Å². The summed E-state index contributed by atoms with van der Waals surface area (Å²) in [6.07, 6.45) is -4.95.